The van der Waals surface area contributed by atoms with Crippen molar-refractivity contribution < 1.29 is 17.9 Å². The Morgan fingerprint density at radius 3 is 2.35 bits per heavy atom. The van der Waals surface area contributed by atoms with Crippen LogP contribution < -0.4 is 9.46 Å². The van der Waals surface area contributed by atoms with Gasteiger partial charge in [-0.2, -0.15) is 4.72 Å². The molecule has 1 amide bonds. The number of benzene rings is 2. The fourth-order valence-electron chi connectivity index (χ4n) is 3.90. The van der Waals surface area contributed by atoms with E-state index in [1.165, 1.54) is 6.07 Å². The van der Waals surface area contributed by atoms with Crippen molar-refractivity contribution in [2.24, 2.45) is 0 Å². The van der Waals surface area contributed by atoms with Crippen LogP contribution in [0.4, 0.5) is 0 Å². The third-order valence-corrected chi connectivity index (χ3v) is 7.02. The van der Waals surface area contributed by atoms with E-state index in [9.17, 15) is 13.2 Å². The molecule has 1 saturated heterocycles. The summed E-state index contributed by atoms with van der Waals surface area (Å²) in [7, 11) is -3.88. The number of rotatable bonds is 8. The predicted molar refractivity (Wildman–Crippen MR) is 122 cm³/mol. The third kappa shape index (κ3) is 6.31. The van der Waals surface area contributed by atoms with Crippen LogP contribution in [0.5, 0.6) is 5.75 Å². The van der Waals surface area contributed by atoms with Crippen molar-refractivity contribution in [1.29, 1.82) is 0 Å². The lowest BCUT2D eigenvalue weighted by Gasteiger charge is -2.27. The van der Waals surface area contributed by atoms with Gasteiger partial charge in [-0.3, -0.25) is 4.79 Å². The zero-order chi connectivity index (χ0) is 22.3. The molecule has 0 radical (unpaired) electrons. The van der Waals surface area contributed by atoms with Crippen molar-refractivity contribution in [3.63, 3.8) is 0 Å². The van der Waals surface area contributed by atoms with Gasteiger partial charge in [0.2, 0.25) is 15.9 Å². The summed E-state index contributed by atoms with van der Waals surface area (Å²) in [6, 6.07) is 13.5. The molecule has 1 heterocycles. The van der Waals surface area contributed by atoms with Crippen LogP contribution in [0.1, 0.15) is 43.7 Å². The van der Waals surface area contributed by atoms with E-state index < -0.39 is 16.1 Å². The fraction of sp³-hybridized carbons (Fsp3) is 0.458. The Morgan fingerprint density at radius 1 is 1.06 bits per heavy atom. The van der Waals surface area contributed by atoms with Gasteiger partial charge in [0.15, 0.2) is 0 Å². The van der Waals surface area contributed by atoms with E-state index in [1.54, 1.807) is 12.1 Å². The maximum absolute atomic E-state index is 13.3. The minimum absolute atomic E-state index is 0.134. The number of aryl methyl sites for hydroxylation is 1. The van der Waals surface area contributed by atoms with E-state index in [0.717, 1.165) is 36.8 Å². The minimum atomic E-state index is -3.88. The number of likely N-dealkylation sites (tertiary alicyclic amines) is 1. The lowest BCUT2D eigenvalue weighted by Crippen LogP contribution is -2.49. The number of carbonyl (C=O) groups excluding carboxylic acids is 1. The molecule has 0 aromatic heterocycles. The maximum atomic E-state index is 13.3. The summed E-state index contributed by atoms with van der Waals surface area (Å²) in [5.74, 6) is 0.500. The predicted octanol–water partition coefficient (Wildman–Crippen LogP) is 3.69. The fourth-order valence-corrected chi connectivity index (χ4v) is 5.18. The maximum Gasteiger partial charge on any atom is 0.241 e. The molecule has 7 heteroatoms. The van der Waals surface area contributed by atoms with Gasteiger partial charge >= 0.3 is 0 Å². The van der Waals surface area contributed by atoms with Crippen molar-refractivity contribution in [2.45, 2.75) is 56.9 Å². The number of hydrogen-bond donors (Lipinski definition) is 1. The number of amides is 1. The summed E-state index contributed by atoms with van der Waals surface area (Å²) < 4.78 is 34.6. The van der Waals surface area contributed by atoms with Gasteiger partial charge in [-0.05, 0) is 62.4 Å². The molecule has 1 N–H and O–H groups in total. The Balaban J connectivity index is 1.85. The van der Waals surface area contributed by atoms with E-state index in [4.69, 9.17) is 4.74 Å². The molecule has 0 unspecified atom stereocenters. The van der Waals surface area contributed by atoms with Gasteiger partial charge in [0.25, 0.3) is 0 Å². The highest BCUT2D eigenvalue weighted by Gasteiger charge is 2.30. The normalized spacial score (nSPS) is 15.9. The van der Waals surface area contributed by atoms with E-state index in [2.05, 4.69) is 4.72 Å². The highest BCUT2D eigenvalue weighted by Crippen LogP contribution is 2.22. The number of carbonyl (C=O) groups is 1. The van der Waals surface area contributed by atoms with Crippen LogP contribution in [0.3, 0.4) is 0 Å². The van der Waals surface area contributed by atoms with Crippen molar-refractivity contribution in [2.75, 3.05) is 19.7 Å². The van der Waals surface area contributed by atoms with Crippen molar-refractivity contribution >= 4 is 15.9 Å². The zero-order valence-corrected chi connectivity index (χ0v) is 19.2. The molecule has 0 saturated carbocycles. The smallest absolute Gasteiger partial charge is 0.241 e. The molecule has 168 valence electrons. The van der Waals surface area contributed by atoms with Crippen LogP contribution >= 0.6 is 0 Å². The van der Waals surface area contributed by atoms with Gasteiger partial charge in [0, 0.05) is 13.1 Å². The van der Waals surface area contributed by atoms with Crippen LogP contribution in [0.15, 0.2) is 53.4 Å². The van der Waals surface area contributed by atoms with Gasteiger partial charge in [-0.15, -0.1) is 0 Å². The topological polar surface area (TPSA) is 75.7 Å². The van der Waals surface area contributed by atoms with Crippen LogP contribution in [0, 0.1) is 6.92 Å². The molecule has 3 rings (SSSR count). The Labute approximate surface area is 185 Å². The molecule has 1 aliphatic heterocycles. The SMILES string of the molecule is CCOc1ccc(S(=O)(=O)N[C@@H](Cc2ccccc2)C(=O)N2CCCCCC2)cc1C. The summed E-state index contributed by atoms with van der Waals surface area (Å²) in [6.07, 6.45) is 4.42. The molecule has 0 bridgehead atoms. The Morgan fingerprint density at radius 2 is 1.74 bits per heavy atom. The second kappa shape index (κ2) is 10.8. The second-order valence-electron chi connectivity index (χ2n) is 7.96. The first-order chi connectivity index (χ1) is 14.9. The Hall–Kier alpha value is -2.38. The molecule has 1 atom stereocenters. The molecule has 31 heavy (non-hydrogen) atoms. The Bertz CT molecular complexity index is 968. The van der Waals surface area contributed by atoms with E-state index in [0.29, 0.717) is 31.9 Å². The summed E-state index contributed by atoms with van der Waals surface area (Å²) in [4.78, 5) is 15.3. The molecule has 1 fully saturated rings. The number of hydrogen-bond acceptors (Lipinski definition) is 4. The summed E-state index contributed by atoms with van der Waals surface area (Å²) in [5, 5.41) is 0. The van der Waals surface area contributed by atoms with Crippen LogP contribution in [0.25, 0.3) is 0 Å². The van der Waals surface area contributed by atoms with Gasteiger partial charge in [0.05, 0.1) is 11.5 Å². The summed E-state index contributed by atoms with van der Waals surface area (Å²) in [6.45, 7) is 5.55. The van der Waals surface area contributed by atoms with Crippen molar-refractivity contribution in [3.8, 4) is 5.75 Å². The van der Waals surface area contributed by atoms with E-state index >= 15 is 0 Å². The summed E-state index contributed by atoms with van der Waals surface area (Å²) >= 11 is 0. The molecule has 2 aromatic rings. The molecule has 2 aromatic carbocycles. The molecule has 0 spiro atoms. The van der Waals surface area contributed by atoms with Crippen molar-refractivity contribution in [3.05, 3.63) is 59.7 Å². The number of nitrogens with zero attached hydrogens (tertiary/aromatic N) is 1. The lowest BCUT2D eigenvalue weighted by molar-refractivity contribution is -0.132. The first-order valence-corrected chi connectivity index (χ1v) is 12.5. The molecule has 1 aliphatic rings. The van der Waals surface area contributed by atoms with Crippen molar-refractivity contribution in [1.82, 2.24) is 9.62 Å². The third-order valence-electron chi connectivity index (χ3n) is 5.55. The standard InChI is InChI=1S/C24H32N2O4S/c1-3-30-23-14-13-21(17-19(23)2)31(28,29)25-22(18-20-11-7-6-8-12-20)24(27)26-15-9-4-5-10-16-26/h6-8,11-14,17,22,25H,3-5,9-10,15-16,18H2,1-2H3/t22-/m0/s1. The first-order valence-electron chi connectivity index (χ1n) is 11.0. The van der Waals surface area contributed by atoms with Gasteiger partial charge in [-0.25, -0.2) is 8.42 Å². The Kier molecular flexibility index (Phi) is 8.09. The number of ether oxygens (including phenoxy) is 1. The molecular formula is C24H32N2O4S. The van der Waals surface area contributed by atoms with Crippen LogP contribution in [0.2, 0.25) is 0 Å². The average Bonchev–Trinajstić information content (AvgIpc) is 3.04. The zero-order valence-electron chi connectivity index (χ0n) is 18.3. The molecule has 6 nitrogen and oxygen atoms in total. The highest BCUT2D eigenvalue weighted by atomic mass is 32.2. The second-order valence-corrected chi connectivity index (χ2v) is 9.68. The highest BCUT2D eigenvalue weighted by molar-refractivity contribution is 7.89. The number of sulfonamides is 1. The largest absolute Gasteiger partial charge is 0.494 e. The van der Waals surface area contributed by atoms with E-state index in [-0.39, 0.29) is 10.8 Å². The lowest BCUT2D eigenvalue weighted by atomic mass is 10.1. The van der Waals surface area contributed by atoms with Gasteiger partial charge < -0.3 is 9.64 Å². The molecular weight excluding hydrogens is 412 g/mol. The van der Waals surface area contributed by atoms with Gasteiger partial charge in [0.1, 0.15) is 11.8 Å². The quantitative estimate of drug-likeness (QED) is 0.674. The average molecular weight is 445 g/mol. The number of nitrogens with one attached hydrogen (secondary N) is 1. The van der Waals surface area contributed by atoms with Gasteiger partial charge in [-0.1, -0.05) is 43.2 Å². The molecule has 0 aliphatic carbocycles. The van der Waals surface area contributed by atoms with E-state index in [1.807, 2.05) is 49.1 Å². The van der Waals surface area contributed by atoms with Crippen LogP contribution in [-0.2, 0) is 21.2 Å². The minimum Gasteiger partial charge on any atom is -0.494 e. The monoisotopic (exact) mass is 444 g/mol. The van der Waals surface area contributed by atoms with Crippen LogP contribution in [-0.4, -0.2) is 45.0 Å². The first kappa shape index (κ1) is 23.3. The summed E-state index contributed by atoms with van der Waals surface area (Å²) in [5.41, 5.74) is 1.66.